The molecule has 0 radical (unpaired) electrons. The maximum atomic E-state index is 4.35. The van der Waals surface area contributed by atoms with E-state index >= 15 is 0 Å². The molecule has 1 unspecified atom stereocenters. The van der Waals surface area contributed by atoms with Gasteiger partial charge in [0, 0.05) is 25.5 Å². The zero-order valence-electron chi connectivity index (χ0n) is 11.0. The Bertz CT molecular complexity index is 291. The van der Waals surface area contributed by atoms with Gasteiger partial charge in [0.15, 0.2) is 0 Å². The van der Waals surface area contributed by atoms with Gasteiger partial charge in [-0.05, 0) is 18.3 Å². The van der Waals surface area contributed by atoms with Crippen LogP contribution in [-0.4, -0.2) is 16.1 Å². The average molecular weight is 223 g/mol. The highest BCUT2D eigenvalue weighted by Crippen LogP contribution is 2.15. The van der Waals surface area contributed by atoms with Crippen molar-refractivity contribution in [3.05, 3.63) is 12.4 Å². The molecule has 0 amide bonds. The number of anilines is 1. The van der Waals surface area contributed by atoms with E-state index in [1.165, 1.54) is 12.8 Å². The van der Waals surface area contributed by atoms with Gasteiger partial charge in [-0.3, -0.25) is 0 Å². The summed E-state index contributed by atoms with van der Waals surface area (Å²) in [5, 5.41) is 3.39. The minimum absolute atomic E-state index is 0.681. The van der Waals surface area contributed by atoms with Gasteiger partial charge in [0.25, 0.3) is 0 Å². The van der Waals surface area contributed by atoms with Crippen LogP contribution in [0.15, 0.2) is 12.4 Å². The molecule has 0 saturated heterocycles. The van der Waals surface area contributed by atoms with Crippen molar-refractivity contribution in [1.82, 2.24) is 9.55 Å². The fraction of sp³-hybridized carbons (Fsp3) is 0.769. The summed E-state index contributed by atoms with van der Waals surface area (Å²) in [5.41, 5.74) is 0. The van der Waals surface area contributed by atoms with Gasteiger partial charge >= 0.3 is 0 Å². The Kier molecular flexibility index (Phi) is 5.36. The van der Waals surface area contributed by atoms with Crippen LogP contribution in [0.1, 0.15) is 40.5 Å². The summed E-state index contributed by atoms with van der Waals surface area (Å²) in [6.07, 6.45) is 6.36. The highest BCUT2D eigenvalue weighted by Gasteiger charge is 2.10. The molecule has 1 heterocycles. The maximum Gasteiger partial charge on any atom is 0.202 e. The maximum absolute atomic E-state index is 4.35. The second-order valence-electron chi connectivity index (χ2n) is 4.90. The van der Waals surface area contributed by atoms with Gasteiger partial charge in [-0.1, -0.05) is 34.1 Å². The van der Waals surface area contributed by atoms with Crippen molar-refractivity contribution in [1.29, 1.82) is 0 Å². The predicted octanol–water partition coefficient (Wildman–Crippen LogP) is 3.39. The molecular weight excluding hydrogens is 198 g/mol. The van der Waals surface area contributed by atoms with E-state index in [-0.39, 0.29) is 0 Å². The van der Waals surface area contributed by atoms with Crippen molar-refractivity contribution in [3.8, 4) is 0 Å². The zero-order chi connectivity index (χ0) is 12.0. The van der Waals surface area contributed by atoms with Crippen molar-refractivity contribution in [2.45, 2.75) is 47.1 Å². The molecule has 0 aromatic carbocycles. The molecule has 0 aliphatic carbocycles. The standard InChI is InChI=1S/C13H25N3/c1-5-6-7-14-13-15-8-9-16(13)10-12(4)11(2)3/h8-9,11-12H,5-7,10H2,1-4H3,(H,14,15). The lowest BCUT2D eigenvalue weighted by atomic mass is 9.98. The summed E-state index contributed by atoms with van der Waals surface area (Å²) < 4.78 is 2.22. The zero-order valence-corrected chi connectivity index (χ0v) is 11.0. The first-order valence-electron chi connectivity index (χ1n) is 6.40. The van der Waals surface area contributed by atoms with Crippen LogP contribution in [0.2, 0.25) is 0 Å². The van der Waals surface area contributed by atoms with Gasteiger partial charge in [-0.2, -0.15) is 0 Å². The van der Waals surface area contributed by atoms with Crippen LogP contribution in [0.25, 0.3) is 0 Å². The summed E-state index contributed by atoms with van der Waals surface area (Å²) >= 11 is 0. The average Bonchev–Trinajstić information content (AvgIpc) is 2.66. The van der Waals surface area contributed by atoms with Gasteiger partial charge in [-0.15, -0.1) is 0 Å². The number of imidazole rings is 1. The first-order chi connectivity index (χ1) is 7.65. The van der Waals surface area contributed by atoms with E-state index in [2.05, 4.69) is 48.8 Å². The molecule has 16 heavy (non-hydrogen) atoms. The Balaban J connectivity index is 2.50. The van der Waals surface area contributed by atoms with Gasteiger partial charge in [-0.25, -0.2) is 4.98 Å². The highest BCUT2D eigenvalue weighted by molar-refractivity contribution is 5.25. The quantitative estimate of drug-likeness (QED) is 0.718. The Morgan fingerprint density at radius 2 is 2.12 bits per heavy atom. The molecule has 0 saturated carbocycles. The summed E-state index contributed by atoms with van der Waals surface area (Å²) in [5.74, 6) is 2.41. The SMILES string of the molecule is CCCCNc1nccn1CC(C)C(C)C. The van der Waals surface area contributed by atoms with Gasteiger partial charge < -0.3 is 9.88 Å². The number of nitrogens with one attached hydrogen (secondary N) is 1. The summed E-state index contributed by atoms with van der Waals surface area (Å²) in [6.45, 7) is 11.1. The Morgan fingerprint density at radius 1 is 1.38 bits per heavy atom. The molecule has 3 heteroatoms. The molecule has 92 valence electrons. The first-order valence-corrected chi connectivity index (χ1v) is 6.40. The van der Waals surface area contributed by atoms with Crippen molar-refractivity contribution in [2.75, 3.05) is 11.9 Å². The van der Waals surface area contributed by atoms with E-state index in [4.69, 9.17) is 0 Å². The third kappa shape index (κ3) is 3.87. The second kappa shape index (κ2) is 6.56. The van der Waals surface area contributed by atoms with Crippen molar-refractivity contribution >= 4 is 5.95 Å². The molecule has 1 N–H and O–H groups in total. The Labute approximate surface area is 99.3 Å². The Hall–Kier alpha value is -0.990. The van der Waals surface area contributed by atoms with Crippen molar-refractivity contribution in [3.63, 3.8) is 0 Å². The smallest absolute Gasteiger partial charge is 0.202 e. The predicted molar refractivity (Wildman–Crippen MR) is 69.6 cm³/mol. The Morgan fingerprint density at radius 3 is 2.75 bits per heavy atom. The molecule has 3 nitrogen and oxygen atoms in total. The third-order valence-corrected chi connectivity index (χ3v) is 3.15. The number of nitrogens with zero attached hydrogens (tertiary/aromatic N) is 2. The van der Waals surface area contributed by atoms with Crippen molar-refractivity contribution < 1.29 is 0 Å². The van der Waals surface area contributed by atoms with Crippen LogP contribution >= 0.6 is 0 Å². The lowest BCUT2D eigenvalue weighted by Crippen LogP contribution is -2.15. The lowest BCUT2D eigenvalue weighted by molar-refractivity contribution is 0.366. The first kappa shape index (κ1) is 13.1. The van der Waals surface area contributed by atoms with E-state index in [0.29, 0.717) is 11.8 Å². The van der Waals surface area contributed by atoms with Gasteiger partial charge in [0.1, 0.15) is 0 Å². The van der Waals surface area contributed by atoms with Crippen LogP contribution in [0, 0.1) is 11.8 Å². The molecule has 1 aromatic heterocycles. The number of rotatable bonds is 7. The number of unbranched alkanes of at least 4 members (excludes halogenated alkanes) is 1. The monoisotopic (exact) mass is 223 g/mol. The van der Waals surface area contributed by atoms with E-state index < -0.39 is 0 Å². The lowest BCUT2D eigenvalue weighted by Gasteiger charge is -2.17. The normalized spacial score (nSPS) is 13.1. The van der Waals surface area contributed by atoms with Gasteiger partial charge in [0.05, 0.1) is 0 Å². The third-order valence-electron chi connectivity index (χ3n) is 3.15. The second-order valence-corrected chi connectivity index (χ2v) is 4.90. The fourth-order valence-electron chi connectivity index (χ4n) is 1.52. The summed E-state index contributed by atoms with van der Waals surface area (Å²) in [4.78, 5) is 4.35. The molecule has 0 aliphatic heterocycles. The number of hydrogen-bond acceptors (Lipinski definition) is 2. The molecule has 0 spiro atoms. The number of hydrogen-bond donors (Lipinski definition) is 1. The van der Waals surface area contributed by atoms with Crippen LogP contribution in [0.3, 0.4) is 0 Å². The highest BCUT2D eigenvalue weighted by atomic mass is 15.2. The van der Waals surface area contributed by atoms with Crippen LogP contribution in [0.5, 0.6) is 0 Å². The molecule has 1 rings (SSSR count). The van der Waals surface area contributed by atoms with Gasteiger partial charge in [0.2, 0.25) is 5.95 Å². The molecule has 0 fully saturated rings. The van der Waals surface area contributed by atoms with Crippen LogP contribution < -0.4 is 5.32 Å². The molecule has 1 atom stereocenters. The van der Waals surface area contributed by atoms with Crippen LogP contribution in [0.4, 0.5) is 5.95 Å². The molecular formula is C13H25N3. The largest absolute Gasteiger partial charge is 0.356 e. The summed E-state index contributed by atoms with van der Waals surface area (Å²) in [6, 6.07) is 0. The van der Waals surface area contributed by atoms with E-state index in [1.807, 2.05) is 6.20 Å². The van der Waals surface area contributed by atoms with E-state index in [0.717, 1.165) is 19.0 Å². The fourth-order valence-corrected chi connectivity index (χ4v) is 1.52. The minimum Gasteiger partial charge on any atom is -0.356 e. The minimum atomic E-state index is 0.681. The topological polar surface area (TPSA) is 29.9 Å². The molecule has 0 bridgehead atoms. The van der Waals surface area contributed by atoms with Crippen LogP contribution in [-0.2, 0) is 6.54 Å². The molecule has 1 aromatic rings. The van der Waals surface area contributed by atoms with Crippen molar-refractivity contribution in [2.24, 2.45) is 11.8 Å². The van der Waals surface area contributed by atoms with E-state index in [9.17, 15) is 0 Å². The summed E-state index contributed by atoms with van der Waals surface area (Å²) in [7, 11) is 0. The number of aromatic nitrogens is 2. The van der Waals surface area contributed by atoms with E-state index in [1.54, 1.807) is 0 Å². The molecule has 0 aliphatic rings.